The Morgan fingerprint density at radius 3 is 1.71 bits per heavy atom. The minimum Gasteiger partial charge on any atom is -0.480 e. The van der Waals surface area contributed by atoms with Crippen LogP contribution in [0.5, 0.6) is 0 Å². The highest BCUT2D eigenvalue weighted by molar-refractivity contribution is 7.86. The number of hydrogen-bond acceptors (Lipinski definition) is 4. The van der Waals surface area contributed by atoms with Crippen molar-refractivity contribution in [2.75, 3.05) is 0 Å². The number of hydrogen-bond donors (Lipinski definition) is 4. The van der Waals surface area contributed by atoms with E-state index in [1.54, 1.807) is 0 Å². The molecule has 0 radical (unpaired) electrons. The Morgan fingerprint density at radius 2 is 1.64 bits per heavy atom. The predicted octanol–water partition coefficient (Wildman–Crippen LogP) is -1.41. The van der Waals surface area contributed by atoms with Gasteiger partial charge in [0, 0.05) is 0 Å². The van der Waals surface area contributed by atoms with Crippen molar-refractivity contribution in [2.24, 2.45) is 21.9 Å². The maximum Gasteiger partial charge on any atom is 0.320 e. The summed E-state index contributed by atoms with van der Waals surface area (Å²) in [6, 6.07) is -0.690. The molecule has 0 fully saturated rings. The van der Waals surface area contributed by atoms with E-state index in [2.05, 4.69) is 10.3 Å². The van der Waals surface area contributed by atoms with Gasteiger partial charge in [-0.3, -0.25) is 4.79 Å². The van der Waals surface area contributed by atoms with Crippen molar-refractivity contribution in [3.8, 4) is 0 Å². The maximum atomic E-state index is 10.1. The Labute approximate surface area is 83.4 Å². The van der Waals surface area contributed by atoms with Gasteiger partial charge in [-0.2, -0.15) is 8.42 Å². The lowest BCUT2D eigenvalue weighted by Gasteiger charge is -2.07. The molecule has 14 heavy (non-hydrogen) atoms. The Balaban J connectivity index is 0. The van der Waals surface area contributed by atoms with Gasteiger partial charge >= 0.3 is 5.97 Å². The fourth-order valence-electron chi connectivity index (χ4n) is 0.609. The van der Waals surface area contributed by atoms with Gasteiger partial charge in [0.15, 0.2) is 0 Å². The molecule has 0 aliphatic heterocycles. The lowest BCUT2D eigenvalue weighted by Crippen LogP contribution is -2.31. The molecule has 0 bridgehead atoms. The van der Waals surface area contributed by atoms with Crippen LogP contribution in [0.1, 0.15) is 20.3 Å². The van der Waals surface area contributed by atoms with Crippen LogP contribution in [0.2, 0.25) is 0 Å². The second kappa shape index (κ2) is 6.71. The zero-order valence-corrected chi connectivity index (χ0v) is 8.99. The van der Waals surface area contributed by atoms with Crippen molar-refractivity contribution >= 4 is 16.2 Å². The predicted molar refractivity (Wildman–Crippen MR) is 52.4 cm³/mol. The maximum absolute atomic E-state index is 10.1. The second-order valence-electron chi connectivity index (χ2n) is 3.16. The van der Waals surface area contributed by atoms with E-state index in [4.69, 9.17) is 10.8 Å². The van der Waals surface area contributed by atoms with Crippen LogP contribution in [0.4, 0.5) is 0 Å². The molecule has 0 spiro atoms. The standard InChI is InChI=1S/C6H13NO2.H4N2O2S/c1-4(2)3-5(7)6(8)9;1-5(2,3)4/h4-5H,3,7H2,1-2H3,(H,8,9);(H4,1,2,3,4)/t5-;/m0./s1. The Bertz CT molecular complexity index is 254. The van der Waals surface area contributed by atoms with Gasteiger partial charge in [0.2, 0.25) is 0 Å². The summed E-state index contributed by atoms with van der Waals surface area (Å²) in [5.41, 5.74) is 5.22. The van der Waals surface area contributed by atoms with E-state index in [0.717, 1.165) is 0 Å². The second-order valence-corrected chi connectivity index (χ2v) is 4.34. The third-order valence-corrected chi connectivity index (χ3v) is 1.04. The van der Waals surface area contributed by atoms with Crippen LogP contribution in [-0.2, 0) is 15.0 Å². The van der Waals surface area contributed by atoms with Gasteiger partial charge in [0.05, 0.1) is 0 Å². The molecule has 8 heteroatoms. The first-order chi connectivity index (χ1) is 6.04. The van der Waals surface area contributed by atoms with Crippen molar-refractivity contribution in [2.45, 2.75) is 26.3 Å². The summed E-state index contributed by atoms with van der Waals surface area (Å²) in [6.45, 7) is 3.89. The lowest BCUT2D eigenvalue weighted by molar-refractivity contribution is -0.138. The van der Waals surface area contributed by atoms with Gasteiger partial charge in [-0.05, 0) is 12.3 Å². The average molecular weight is 227 g/mol. The minimum absolute atomic E-state index is 0.357. The van der Waals surface area contributed by atoms with Gasteiger partial charge in [-0.15, -0.1) is 0 Å². The third kappa shape index (κ3) is 22.5. The third-order valence-electron chi connectivity index (χ3n) is 1.04. The summed E-state index contributed by atoms with van der Waals surface area (Å²) in [5.74, 6) is -0.556. The SMILES string of the molecule is CC(C)C[C@H](N)C(=O)O.NS(N)(=O)=O. The van der Waals surface area contributed by atoms with Crippen molar-refractivity contribution in [1.82, 2.24) is 0 Å². The fourth-order valence-corrected chi connectivity index (χ4v) is 0.609. The summed E-state index contributed by atoms with van der Waals surface area (Å²) >= 11 is 0. The van der Waals surface area contributed by atoms with E-state index in [0.29, 0.717) is 12.3 Å². The number of carboxylic acids is 1. The summed E-state index contributed by atoms with van der Waals surface area (Å²) < 4.78 is 18.4. The normalized spacial score (nSPS) is 13.0. The summed E-state index contributed by atoms with van der Waals surface area (Å²) in [4.78, 5) is 10.1. The summed E-state index contributed by atoms with van der Waals surface area (Å²) in [6.07, 6.45) is 0.551. The quantitative estimate of drug-likeness (QED) is 0.467. The summed E-state index contributed by atoms with van der Waals surface area (Å²) in [7, 11) is -3.67. The van der Waals surface area contributed by atoms with Crippen LogP contribution in [0.25, 0.3) is 0 Å². The van der Waals surface area contributed by atoms with Crippen LogP contribution >= 0.6 is 0 Å². The molecule has 0 amide bonds. The Morgan fingerprint density at radius 1 is 1.36 bits per heavy atom. The largest absolute Gasteiger partial charge is 0.480 e. The molecule has 0 aromatic heterocycles. The Kier molecular flexibility index (Phi) is 7.55. The molecular weight excluding hydrogens is 210 g/mol. The molecular formula is C6H17N3O4S. The number of nitrogens with two attached hydrogens (primary N) is 3. The van der Waals surface area contributed by atoms with Gasteiger partial charge in [-0.25, -0.2) is 10.3 Å². The summed E-state index contributed by atoms with van der Waals surface area (Å²) in [5, 5.41) is 16.5. The molecule has 0 unspecified atom stereocenters. The monoisotopic (exact) mass is 227 g/mol. The van der Waals surface area contributed by atoms with E-state index in [-0.39, 0.29) is 0 Å². The van der Waals surface area contributed by atoms with Crippen LogP contribution in [0, 0.1) is 5.92 Å². The van der Waals surface area contributed by atoms with E-state index in [1.807, 2.05) is 13.8 Å². The first-order valence-corrected chi connectivity index (χ1v) is 5.44. The molecule has 0 aliphatic rings. The highest BCUT2D eigenvalue weighted by Gasteiger charge is 2.11. The molecule has 0 rings (SSSR count). The van der Waals surface area contributed by atoms with E-state index < -0.39 is 22.2 Å². The molecule has 1 atom stereocenters. The molecule has 0 saturated carbocycles. The molecule has 0 saturated heterocycles. The molecule has 0 heterocycles. The molecule has 0 aromatic carbocycles. The van der Waals surface area contributed by atoms with Crippen molar-refractivity contribution in [3.05, 3.63) is 0 Å². The van der Waals surface area contributed by atoms with E-state index in [9.17, 15) is 13.2 Å². The topological polar surface area (TPSA) is 150 Å². The highest BCUT2D eigenvalue weighted by atomic mass is 32.2. The number of aliphatic carboxylic acids is 1. The van der Waals surface area contributed by atoms with Gasteiger partial charge in [0.25, 0.3) is 10.2 Å². The molecule has 86 valence electrons. The average Bonchev–Trinajstić information content (AvgIpc) is 1.80. The van der Waals surface area contributed by atoms with Crippen LogP contribution < -0.4 is 16.0 Å². The van der Waals surface area contributed by atoms with E-state index in [1.165, 1.54) is 0 Å². The van der Waals surface area contributed by atoms with Crippen molar-refractivity contribution in [1.29, 1.82) is 0 Å². The fraction of sp³-hybridized carbons (Fsp3) is 0.833. The zero-order chi connectivity index (χ0) is 11.9. The molecule has 0 aliphatic carbocycles. The number of carbonyl (C=O) groups is 1. The van der Waals surface area contributed by atoms with Crippen molar-refractivity contribution in [3.63, 3.8) is 0 Å². The van der Waals surface area contributed by atoms with Crippen LogP contribution in [-0.4, -0.2) is 25.5 Å². The minimum atomic E-state index is -3.67. The van der Waals surface area contributed by atoms with Crippen LogP contribution in [0.15, 0.2) is 0 Å². The Hall–Kier alpha value is -0.700. The zero-order valence-electron chi connectivity index (χ0n) is 8.17. The smallest absolute Gasteiger partial charge is 0.320 e. The van der Waals surface area contributed by atoms with Gasteiger partial charge < -0.3 is 10.8 Å². The van der Waals surface area contributed by atoms with Crippen LogP contribution in [0.3, 0.4) is 0 Å². The van der Waals surface area contributed by atoms with Crippen molar-refractivity contribution < 1.29 is 18.3 Å². The number of rotatable bonds is 3. The molecule has 7 N–H and O–H groups in total. The van der Waals surface area contributed by atoms with Gasteiger partial charge in [-0.1, -0.05) is 13.8 Å². The molecule has 0 aromatic rings. The van der Waals surface area contributed by atoms with Gasteiger partial charge in [0.1, 0.15) is 6.04 Å². The lowest BCUT2D eigenvalue weighted by atomic mass is 10.1. The number of carboxylic acid groups (broad SMARTS) is 1. The first kappa shape index (κ1) is 15.8. The first-order valence-electron chi connectivity index (χ1n) is 3.83. The molecule has 7 nitrogen and oxygen atoms in total. The highest BCUT2D eigenvalue weighted by Crippen LogP contribution is 2.01. The van der Waals surface area contributed by atoms with E-state index >= 15 is 0 Å².